The van der Waals surface area contributed by atoms with Crippen molar-refractivity contribution in [3.8, 4) is 17.0 Å². The third kappa shape index (κ3) is 4.65. The number of carbonyl (C=O) groups is 2. The smallest absolute Gasteiger partial charge is 0.341 e. The molecule has 0 unspecified atom stereocenters. The number of pyridine rings is 1. The van der Waals surface area contributed by atoms with Gasteiger partial charge in [0.2, 0.25) is 0 Å². The second-order valence-corrected chi connectivity index (χ2v) is 9.42. The number of aryl methyl sites for hydroxylation is 1. The molecular formula is C27H26N2O4S. The fourth-order valence-corrected chi connectivity index (χ4v) is 4.72. The number of carbonyl (C=O) groups excluding carboxylic acids is 2. The van der Waals surface area contributed by atoms with Gasteiger partial charge < -0.3 is 14.8 Å². The second kappa shape index (κ2) is 9.65. The van der Waals surface area contributed by atoms with E-state index in [1.807, 2.05) is 62.4 Å². The lowest BCUT2D eigenvalue weighted by atomic mass is 10.0. The summed E-state index contributed by atoms with van der Waals surface area (Å²) in [5.74, 6) is -0.00868. The van der Waals surface area contributed by atoms with Gasteiger partial charge in [-0.2, -0.15) is 0 Å². The minimum atomic E-state index is -0.439. The largest absolute Gasteiger partial charge is 0.497 e. The summed E-state index contributed by atoms with van der Waals surface area (Å²) in [6.07, 6.45) is -0.258. The van der Waals surface area contributed by atoms with Crippen molar-refractivity contribution in [1.82, 2.24) is 4.98 Å². The van der Waals surface area contributed by atoms with Gasteiger partial charge in [0.15, 0.2) is 0 Å². The molecule has 7 heteroatoms. The van der Waals surface area contributed by atoms with Crippen LogP contribution in [0.4, 0.5) is 5.00 Å². The summed E-state index contributed by atoms with van der Waals surface area (Å²) in [5.41, 5.74) is 3.93. The molecule has 0 fully saturated rings. The van der Waals surface area contributed by atoms with Crippen molar-refractivity contribution < 1.29 is 19.1 Å². The monoisotopic (exact) mass is 474 g/mol. The Morgan fingerprint density at radius 3 is 2.41 bits per heavy atom. The van der Waals surface area contributed by atoms with Crippen LogP contribution in [0.15, 0.2) is 54.6 Å². The maximum atomic E-state index is 13.5. The number of aromatic nitrogens is 1. The highest BCUT2D eigenvalue weighted by Gasteiger charge is 2.24. The Balaban J connectivity index is 1.76. The topological polar surface area (TPSA) is 77.5 Å². The molecule has 0 atom stereocenters. The van der Waals surface area contributed by atoms with E-state index in [2.05, 4.69) is 5.32 Å². The number of fused-ring (bicyclic) bond motifs is 1. The summed E-state index contributed by atoms with van der Waals surface area (Å²) < 4.78 is 10.7. The van der Waals surface area contributed by atoms with Crippen molar-refractivity contribution in [2.24, 2.45) is 0 Å². The molecule has 34 heavy (non-hydrogen) atoms. The van der Waals surface area contributed by atoms with Crippen LogP contribution in [0, 0.1) is 13.8 Å². The van der Waals surface area contributed by atoms with Crippen molar-refractivity contribution in [2.45, 2.75) is 33.8 Å². The molecule has 4 rings (SSSR count). The van der Waals surface area contributed by atoms with Crippen LogP contribution in [0.1, 0.15) is 45.0 Å². The quantitative estimate of drug-likeness (QED) is 0.327. The lowest BCUT2D eigenvalue weighted by Gasteiger charge is -2.12. The fourth-order valence-electron chi connectivity index (χ4n) is 3.68. The van der Waals surface area contributed by atoms with E-state index in [9.17, 15) is 9.59 Å². The number of para-hydroxylation sites is 1. The highest BCUT2D eigenvalue weighted by Crippen LogP contribution is 2.34. The van der Waals surface area contributed by atoms with Crippen molar-refractivity contribution in [2.75, 3.05) is 12.4 Å². The summed E-state index contributed by atoms with van der Waals surface area (Å²) >= 11 is 1.37. The van der Waals surface area contributed by atoms with Crippen molar-refractivity contribution in [1.29, 1.82) is 0 Å². The van der Waals surface area contributed by atoms with E-state index in [-0.39, 0.29) is 12.0 Å². The van der Waals surface area contributed by atoms with Gasteiger partial charge in [0, 0.05) is 15.8 Å². The maximum absolute atomic E-state index is 13.5. The average molecular weight is 475 g/mol. The van der Waals surface area contributed by atoms with Crippen LogP contribution in [-0.2, 0) is 4.74 Å². The van der Waals surface area contributed by atoms with E-state index < -0.39 is 5.97 Å². The fraction of sp³-hybridized carbons (Fsp3) is 0.222. The van der Waals surface area contributed by atoms with Gasteiger partial charge in [-0.05, 0) is 69.7 Å². The molecular weight excluding hydrogens is 448 g/mol. The molecule has 2 aromatic carbocycles. The van der Waals surface area contributed by atoms with E-state index in [4.69, 9.17) is 14.5 Å². The minimum absolute atomic E-state index is 0.258. The molecule has 1 amide bonds. The molecule has 0 saturated heterocycles. The van der Waals surface area contributed by atoms with Gasteiger partial charge in [0.05, 0.1) is 35.6 Å². The number of amides is 1. The van der Waals surface area contributed by atoms with Gasteiger partial charge in [0.1, 0.15) is 10.8 Å². The van der Waals surface area contributed by atoms with Crippen LogP contribution >= 0.6 is 11.3 Å². The molecule has 0 radical (unpaired) electrons. The molecule has 4 aromatic rings. The number of ether oxygens (including phenoxy) is 2. The summed E-state index contributed by atoms with van der Waals surface area (Å²) in [5, 5.41) is 4.18. The number of benzene rings is 2. The van der Waals surface area contributed by atoms with Crippen LogP contribution in [0.3, 0.4) is 0 Å². The molecule has 6 nitrogen and oxygen atoms in total. The molecule has 0 spiro atoms. The highest BCUT2D eigenvalue weighted by atomic mass is 32.1. The highest BCUT2D eigenvalue weighted by molar-refractivity contribution is 7.16. The van der Waals surface area contributed by atoms with Gasteiger partial charge in [-0.3, -0.25) is 4.79 Å². The molecule has 0 aliphatic rings. The third-order valence-corrected chi connectivity index (χ3v) is 6.63. The molecule has 2 heterocycles. The Morgan fingerprint density at radius 1 is 1.03 bits per heavy atom. The van der Waals surface area contributed by atoms with Gasteiger partial charge in [-0.25, -0.2) is 9.78 Å². The predicted octanol–water partition coefficient (Wildman–Crippen LogP) is 6.41. The van der Waals surface area contributed by atoms with Crippen LogP contribution in [-0.4, -0.2) is 30.1 Å². The van der Waals surface area contributed by atoms with E-state index in [1.165, 1.54) is 11.3 Å². The van der Waals surface area contributed by atoms with E-state index >= 15 is 0 Å². The first-order valence-electron chi connectivity index (χ1n) is 10.9. The number of thiophene rings is 1. The average Bonchev–Trinajstić information content (AvgIpc) is 3.10. The summed E-state index contributed by atoms with van der Waals surface area (Å²) in [6, 6.07) is 16.8. The number of nitrogens with one attached hydrogen (secondary N) is 1. The third-order valence-electron chi connectivity index (χ3n) is 5.51. The first kappa shape index (κ1) is 23.4. The molecule has 0 aliphatic heterocycles. The zero-order chi connectivity index (χ0) is 24.4. The Hall–Kier alpha value is -3.71. The Morgan fingerprint density at radius 2 is 1.74 bits per heavy atom. The zero-order valence-corrected chi connectivity index (χ0v) is 20.6. The molecule has 174 valence electrons. The minimum Gasteiger partial charge on any atom is -0.497 e. The number of nitrogens with zero attached hydrogens (tertiary/aromatic N) is 1. The summed E-state index contributed by atoms with van der Waals surface area (Å²) in [7, 11) is 1.62. The van der Waals surface area contributed by atoms with Crippen molar-refractivity contribution >= 4 is 39.1 Å². The van der Waals surface area contributed by atoms with Gasteiger partial charge in [-0.1, -0.05) is 18.2 Å². The Labute approximate surface area is 202 Å². The molecule has 0 bridgehead atoms. The van der Waals surface area contributed by atoms with Crippen molar-refractivity contribution in [3.63, 3.8) is 0 Å². The second-order valence-electron chi connectivity index (χ2n) is 8.20. The normalized spacial score (nSPS) is 11.0. The first-order valence-corrected chi connectivity index (χ1v) is 11.8. The maximum Gasteiger partial charge on any atom is 0.341 e. The number of hydrogen-bond donors (Lipinski definition) is 1. The first-order chi connectivity index (χ1) is 16.3. The summed E-state index contributed by atoms with van der Waals surface area (Å²) in [6.45, 7) is 7.39. The molecule has 2 aromatic heterocycles. The lowest BCUT2D eigenvalue weighted by Crippen LogP contribution is -2.17. The number of anilines is 1. The van der Waals surface area contributed by atoms with Crippen LogP contribution < -0.4 is 10.1 Å². The van der Waals surface area contributed by atoms with Gasteiger partial charge in [0.25, 0.3) is 5.91 Å². The molecule has 0 aliphatic carbocycles. The Kier molecular flexibility index (Phi) is 6.65. The molecule has 1 N–H and O–H groups in total. The molecule has 0 saturated carbocycles. The lowest BCUT2D eigenvalue weighted by molar-refractivity contribution is 0.0379. The number of hydrogen-bond acceptors (Lipinski definition) is 6. The standard InChI is InChI=1S/C27H26N2O4S/c1-15(2)33-27(31)24-16(3)17(4)34-26(24)29-25(30)21-14-23(18-10-12-19(32-5)13-11-18)28-22-9-7-6-8-20(21)22/h6-15H,1-5H3,(H,29,30). The predicted molar refractivity (Wildman–Crippen MR) is 136 cm³/mol. The van der Waals surface area contributed by atoms with Crippen LogP contribution in [0.5, 0.6) is 5.75 Å². The zero-order valence-electron chi connectivity index (χ0n) is 19.8. The number of methoxy groups -OCH3 is 1. The van der Waals surface area contributed by atoms with Crippen LogP contribution in [0.2, 0.25) is 0 Å². The van der Waals surface area contributed by atoms with Crippen LogP contribution in [0.25, 0.3) is 22.2 Å². The van der Waals surface area contributed by atoms with E-state index in [0.29, 0.717) is 27.3 Å². The van der Waals surface area contributed by atoms with E-state index in [1.54, 1.807) is 27.0 Å². The van der Waals surface area contributed by atoms with Gasteiger partial charge >= 0.3 is 5.97 Å². The number of esters is 1. The number of rotatable bonds is 6. The van der Waals surface area contributed by atoms with Crippen molar-refractivity contribution in [3.05, 3.63) is 76.2 Å². The van der Waals surface area contributed by atoms with Gasteiger partial charge in [-0.15, -0.1) is 11.3 Å². The SMILES string of the molecule is COc1ccc(-c2cc(C(=O)Nc3sc(C)c(C)c3C(=O)OC(C)C)c3ccccc3n2)cc1. The van der Waals surface area contributed by atoms with E-state index in [0.717, 1.165) is 27.1 Å². The Bertz CT molecular complexity index is 1370. The summed E-state index contributed by atoms with van der Waals surface area (Å²) in [4.78, 5) is 32.0.